The molecular formula is C35H46N4O8S. The number of anilines is 1. The van der Waals surface area contributed by atoms with E-state index in [1.54, 1.807) is 31.3 Å². The lowest BCUT2D eigenvalue weighted by Crippen LogP contribution is -2.52. The summed E-state index contributed by atoms with van der Waals surface area (Å²) in [5.41, 5.74) is 2.21. The van der Waals surface area contributed by atoms with Gasteiger partial charge in [-0.1, -0.05) is 50.8 Å². The van der Waals surface area contributed by atoms with Crippen LogP contribution in [-0.4, -0.2) is 99.5 Å². The quantitative estimate of drug-likeness (QED) is 0.286. The normalized spacial score (nSPS) is 22.8. The summed E-state index contributed by atoms with van der Waals surface area (Å²) in [4.78, 5) is 27.6. The maximum atomic E-state index is 14.2. The largest absolute Gasteiger partial charge is 0.496 e. The first kappa shape index (κ1) is 35.4. The number of ether oxygens (including phenoxy) is 3. The van der Waals surface area contributed by atoms with Crippen LogP contribution in [0.1, 0.15) is 37.8 Å². The Morgan fingerprint density at radius 1 is 1.19 bits per heavy atom. The van der Waals surface area contributed by atoms with Gasteiger partial charge in [-0.05, 0) is 54.9 Å². The number of benzene rings is 2. The molecule has 3 aliphatic rings. The maximum absolute atomic E-state index is 14.2. The molecule has 48 heavy (non-hydrogen) atoms. The van der Waals surface area contributed by atoms with Gasteiger partial charge in [0.15, 0.2) is 0 Å². The Labute approximate surface area is 282 Å². The molecule has 3 heterocycles. The Balaban J connectivity index is 1.34. The van der Waals surface area contributed by atoms with Gasteiger partial charge in [-0.3, -0.25) is 4.79 Å². The molecule has 0 bridgehead atoms. The molecule has 2 unspecified atom stereocenters. The Hall–Kier alpha value is -3.91. The third-order valence-corrected chi connectivity index (χ3v) is 10.5. The fourth-order valence-corrected chi connectivity index (χ4v) is 8.02. The summed E-state index contributed by atoms with van der Waals surface area (Å²) in [7, 11) is -0.580. The number of rotatable bonds is 12. The summed E-state index contributed by atoms with van der Waals surface area (Å²) in [6.45, 7) is 8.27. The maximum Gasteiger partial charge on any atom is 0.407 e. The number of hydrogen-bond acceptors (Lipinski definition) is 9. The second-order valence-electron chi connectivity index (χ2n) is 13.3. The third-order valence-electron chi connectivity index (χ3n) is 8.65. The number of fused-ring (bicyclic) bond motifs is 2. The van der Waals surface area contributed by atoms with Crippen molar-refractivity contribution in [3.05, 3.63) is 78.2 Å². The van der Waals surface area contributed by atoms with E-state index in [4.69, 9.17) is 14.2 Å². The smallest absolute Gasteiger partial charge is 0.407 e. The Morgan fingerprint density at radius 2 is 1.94 bits per heavy atom. The highest BCUT2D eigenvalue weighted by Crippen LogP contribution is 2.35. The predicted octanol–water partition coefficient (Wildman–Crippen LogP) is 3.59. The first-order chi connectivity index (χ1) is 22.8. The number of hydrogen-bond donors (Lipinski definition) is 3. The van der Waals surface area contributed by atoms with E-state index in [1.807, 2.05) is 44.2 Å². The van der Waals surface area contributed by atoms with Crippen molar-refractivity contribution in [3.63, 3.8) is 0 Å². The van der Waals surface area contributed by atoms with Gasteiger partial charge in [0.1, 0.15) is 18.0 Å². The number of sulfonamides is 1. The Kier molecular flexibility index (Phi) is 11.1. The van der Waals surface area contributed by atoms with Crippen LogP contribution in [0, 0.1) is 11.8 Å². The number of alkyl carbamates (subject to hydrolysis) is 1. The first-order valence-electron chi connectivity index (χ1n) is 16.3. The van der Waals surface area contributed by atoms with Crippen LogP contribution < -0.4 is 10.6 Å². The lowest BCUT2D eigenvalue weighted by Gasteiger charge is -2.39. The number of amides is 2. The fraction of sp³-hybridized carbons (Fsp3) is 0.486. The molecule has 0 spiro atoms. The molecule has 0 radical (unpaired) electrons. The zero-order valence-corrected chi connectivity index (χ0v) is 28.7. The standard InChI is InChI=1S/C35H46N4O8S/c1-22(2)18-39(48(43,44)27-11-12-30-28(17-27)29(19-38(4)5)34(41)36-30)20-32(40)31(15-24-9-7-6-8-10-24)37-35(42)47-26-16-25-13-14-45-23(3)33(25)46-21-26/h6-12,17,19,22,25-26,31-33,40H,3,13-16,18,20-21H2,1-2,4-5H3,(H,36,41)(H,37,42)/b29-19-/t25?,26-,31+,32-,33?/m1/s1. The van der Waals surface area contributed by atoms with Crippen LogP contribution in [0.4, 0.5) is 10.5 Å². The highest BCUT2D eigenvalue weighted by Gasteiger charge is 2.39. The lowest BCUT2D eigenvalue weighted by molar-refractivity contribution is -0.116. The van der Waals surface area contributed by atoms with Crippen molar-refractivity contribution in [2.75, 3.05) is 45.7 Å². The predicted molar refractivity (Wildman–Crippen MR) is 181 cm³/mol. The fourth-order valence-electron chi connectivity index (χ4n) is 6.37. The summed E-state index contributed by atoms with van der Waals surface area (Å²) in [5, 5.41) is 17.2. The van der Waals surface area contributed by atoms with Crippen molar-refractivity contribution >= 4 is 33.3 Å². The third kappa shape index (κ3) is 8.38. The molecule has 3 aliphatic heterocycles. The molecule has 5 rings (SSSR count). The lowest BCUT2D eigenvalue weighted by atomic mass is 9.87. The summed E-state index contributed by atoms with van der Waals surface area (Å²) in [6.07, 6.45) is 0.524. The van der Waals surface area contributed by atoms with Crippen molar-refractivity contribution in [3.8, 4) is 0 Å². The zero-order chi connectivity index (χ0) is 34.6. The van der Waals surface area contributed by atoms with Crippen molar-refractivity contribution in [1.82, 2.24) is 14.5 Å². The zero-order valence-electron chi connectivity index (χ0n) is 27.9. The van der Waals surface area contributed by atoms with Crippen LogP contribution in [0.25, 0.3) is 5.57 Å². The summed E-state index contributed by atoms with van der Waals surface area (Å²) in [5.74, 6) is 0.329. The van der Waals surface area contributed by atoms with Crippen LogP contribution in [0.2, 0.25) is 0 Å². The second-order valence-corrected chi connectivity index (χ2v) is 15.2. The molecule has 0 aliphatic carbocycles. The number of aliphatic hydroxyl groups is 1. The number of aliphatic hydroxyl groups excluding tert-OH is 1. The van der Waals surface area contributed by atoms with Gasteiger partial charge in [0, 0.05) is 44.6 Å². The summed E-state index contributed by atoms with van der Waals surface area (Å²) >= 11 is 0. The second kappa shape index (κ2) is 15.1. The molecule has 2 aromatic carbocycles. The van der Waals surface area contributed by atoms with Crippen molar-refractivity contribution in [2.45, 2.75) is 62.4 Å². The van der Waals surface area contributed by atoms with E-state index in [0.29, 0.717) is 35.6 Å². The van der Waals surface area contributed by atoms with Gasteiger partial charge in [-0.2, -0.15) is 4.31 Å². The molecule has 2 saturated heterocycles. The van der Waals surface area contributed by atoms with Gasteiger partial charge >= 0.3 is 6.09 Å². The molecular weight excluding hydrogens is 636 g/mol. The number of carbonyl (C=O) groups excluding carboxylic acids is 2. The summed E-state index contributed by atoms with van der Waals surface area (Å²) in [6, 6.07) is 13.0. The highest BCUT2D eigenvalue weighted by molar-refractivity contribution is 7.89. The number of carbonyl (C=O) groups is 2. The molecule has 2 amide bonds. The van der Waals surface area contributed by atoms with Crippen LogP contribution in [-0.2, 0) is 35.4 Å². The van der Waals surface area contributed by atoms with E-state index in [9.17, 15) is 23.1 Å². The van der Waals surface area contributed by atoms with E-state index < -0.39 is 34.4 Å². The van der Waals surface area contributed by atoms with Gasteiger partial charge in [0.2, 0.25) is 10.0 Å². The van der Waals surface area contributed by atoms with E-state index in [0.717, 1.165) is 12.0 Å². The molecule has 0 aromatic heterocycles. The van der Waals surface area contributed by atoms with Crippen LogP contribution in [0.5, 0.6) is 0 Å². The van der Waals surface area contributed by atoms with Crippen molar-refractivity contribution in [2.24, 2.45) is 11.8 Å². The molecule has 0 saturated carbocycles. The average Bonchev–Trinajstić information content (AvgIpc) is 3.34. The topological polar surface area (TPSA) is 147 Å². The van der Waals surface area contributed by atoms with Gasteiger partial charge in [-0.15, -0.1) is 0 Å². The van der Waals surface area contributed by atoms with E-state index in [2.05, 4.69) is 17.2 Å². The van der Waals surface area contributed by atoms with E-state index >= 15 is 0 Å². The molecule has 2 fully saturated rings. The Morgan fingerprint density at radius 3 is 2.65 bits per heavy atom. The minimum Gasteiger partial charge on any atom is -0.496 e. The minimum atomic E-state index is -4.14. The molecule has 13 heteroatoms. The number of nitrogens with zero attached hydrogens (tertiary/aromatic N) is 2. The molecule has 260 valence electrons. The van der Waals surface area contributed by atoms with E-state index in [-0.39, 0.29) is 54.9 Å². The van der Waals surface area contributed by atoms with Gasteiger partial charge in [0.05, 0.1) is 35.8 Å². The van der Waals surface area contributed by atoms with Crippen LogP contribution >= 0.6 is 0 Å². The summed E-state index contributed by atoms with van der Waals surface area (Å²) < 4.78 is 46.7. The van der Waals surface area contributed by atoms with Gasteiger partial charge in [-0.25, -0.2) is 13.2 Å². The van der Waals surface area contributed by atoms with Crippen molar-refractivity contribution < 1.29 is 37.3 Å². The van der Waals surface area contributed by atoms with Crippen LogP contribution in [0.15, 0.2) is 72.0 Å². The molecule has 12 nitrogen and oxygen atoms in total. The average molecular weight is 683 g/mol. The van der Waals surface area contributed by atoms with E-state index in [1.165, 1.54) is 16.4 Å². The van der Waals surface area contributed by atoms with Crippen molar-refractivity contribution in [1.29, 1.82) is 0 Å². The van der Waals surface area contributed by atoms with Gasteiger partial charge < -0.3 is 34.9 Å². The van der Waals surface area contributed by atoms with Gasteiger partial charge in [0.25, 0.3) is 5.91 Å². The SMILES string of the molecule is C=C1OCCC2C[C@@H](OC(=O)N[C@@H](Cc3ccccc3)[C@H](O)CN(CC(C)C)S(=O)(=O)c3ccc4c(c3)/C(=C/N(C)C)C(=O)N4)COC12. The van der Waals surface area contributed by atoms with Crippen LogP contribution in [0.3, 0.4) is 0 Å². The number of nitrogens with one attached hydrogen (secondary N) is 2. The Bertz CT molecular complexity index is 1630. The molecule has 3 N–H and O–H groups in total. The monoisotopic (exact) mass is 682 g/mol. The molecule has 5 atom stereocenters. The highest BCUT2D eigenvalue weighted by atomic mass is 32.2. The molecule has 2 aromatic rings. The minimum absolute atomic E-state index is 0.00590. The first-order valence-corrected chi connectivity index (χ1v) is 17.7.